The van der Waals surface area contributed by atoms with Gasteiger partial charge in [0.25, 0.3) is 5.56 Å². The minimum absolute atomic E-state index is 0.0752. The second-order valence-electron chi connectivity index (χ2n) is 4.11. The van der Waals surface area contributed by atoms with Crippen LogP contribution in [-0.4, -0.2) is 43.8 Å². The van der Waals surface area contributed by atoms with Crippen LogP contribution in [0, 0.1) is 0 Å². The number of fused-ring (bicyclic) bond motifs is 1. The highest BCUT2D eigenvalue weighted by Crippen LogP contribution is 2.05. The van der Waals surface area contributed by atoms with Crippen molar-refractivity contribution >= 4 is 17.1 Å². The molecule has 0 spiro atoms. The number of hydrogen-bond donors (Lipinski definition) is 4. The van der Waals surface area contributed by atoms with Crippen molar-refractivity contribution in [3.05, 3.63) is 16.7 Å². The fourth-order valence-electron chi connectivity index (χ4n) is 1.64. The number of hydrogen-bond acceptors (Lipinski definition) is 6. The topological polar surface area (TPSA) is 122 Å². The van der Waals surface area contributed by atoms with Crippen molar-refractivity contribution in [3.63, 3.8) is 0 Å². The number of aliphatic hydroxyl groups excluding tert-OH is 1. The molecule has 2 aromatic rings. The zero-order chi connectivity index (χ0) is 13.1. The summed E-state index contributed by atoms with van der Waals surface area (Å²) in [4.78, 5) is 22.0. The second kappa shape index (κ2) is 5.15. The van der Waals surface area contributed by atoms with Crippen molar-refractivity contribution in [3.8, 4) is 0 Å². The van der Waals surface area contributed by atoms with E-state index in [0.717, 1.165) is 0 Å². The number of anilines is 1. The lowest BCUT2D eigenvalue weighted by molar-refractivity contribution is 0.191. The normalized spacial score (nSPS) is 13.0. The number of aromatic nitrogens is 4. The van der Waals surface area contributed by atoms with Crippen LogP contribution >= 0.6 is 0 Å². The maximum absolute atomic E-state index is 11.5. The van der Waals surface area contributed by atoms with E-state index in [-0.39, 0.29) is 23.1 Å². The Balaban J connectivity index is 2.12. The van der Waals surface area contributed by atoms with Crippen LogP contribution in [0.4, 0.5) is 5.95 Å². The molecule has 0 saturated carbocycles. The zero-order valence-corrected chi connectivity index (χ0v) is 10.1. The molecule has 2 rings (SSSR count). The molecule has 2 aromatic heterocycles. The highest BCUT2D eigenvalue weighted by Gasteiger charge is 2.08. The number of rotatable bonds is 5. The van der Waals surface area contributed by atoms with E-state index in [1.165, 1.54) is 0 Å². The molecule has 98 valence electrons. The first kappa shape index (κ1) is 12.5. The minimum Gasteiger partial charge on any atom is -0.392 e. The zero-order valence-electron chi connectivity index (χ0n) is 10.1. The van der Waals surface area contributed by atoms with Crippen LogP contribution in [0.1, 0.15) is 6.92 Å². The van der Waals surface area contributed by atoms with E-state index in [1.54, 1.807) is 17.8 Å². The van der Waals surface area contributed by atoms with Gasteiger partial charge in [0.15, 0.2) is 11.2 Å². The molecule has 5 N–H and O–H groups in total. The lowest BCUT2D eigenvalue weighted by Crippen LogP contribution is -2.27. The molecule has 18 heavy (non-hydrogen) atoms. The molecule has 2 heterocycles. The van der Waals surface area contributed by atoms with Crippen molar-refractivity contribution in [2.75, 3.05) is 18.8 Å². The van der Waals surface area contributed by atoms with Crippen molar-refractivity contribution in [2.45, 2.75) is 19.6 Å². The van der Waals surface area contributed by atoms with Gasteiger partial charge in [0.05, 0.1) is 12.4 Å². The number of nitrogen functional groups attached to an aromatic ring is 1. The molecule has 0 bridgehead atoms. The molecular formula is C10H16N6O2. The molecular weight excluding hydrogens is 236 g/mol. The van der Waals surface area contributed by atoms with Gasteiger partial charge in [-0.3, -0.25) is 9.78 Å². The lowest BCUT2D eigenvalue weighted by atomic mass is 10.4. The van der Waals surface area contributed by atoms with E-state index in [0.29, 0.717) is 25.3 Å². The Morgan fingerprint density at radius 2 is 2.44 bits per heavy atom. The average Bonchev–Trinajstić information content (AvgIpc) is 2.67. The predicted octanol–water partition coefficient (Wildman–Crippen LogP) is -1.33. The van der Waals surface area contributed by atoms with Crippen molar-refractivity contribution in [1.29, 1.82) is 0 Å². The summed E-state index contributed by atoms with van der Waals surface area (Å²) in [7, 11) is 0. The van der Waals surface area contributed by atoms with Gasteiger partial charge in [-0.25, -0.2) is 4.98 Å². The summed E-state index contributed by atoms with van der Waals surface area (Å²) in [6.45, 7) is 3.47. The highest BCUT2D eigenvalue weighted by molar-refractivity contribution is 5.70. The van der Waals surface area contributed by atoms with Crippen LogP contribution in [0.5, 0.6) is 0 Å². The van der Waals surface area contributed by atoms with E-state index in [4.69, 9.17) is 10.8 Å². The maximum Gasteiger partial charge on any atom is 0.280 e. The van der Waals surface area contributed by atoms with Gasteiger partial charge >= 0.3 is 0 Å². The van der Waals surface area contributed by atoms with E-state index in [9.17, 15) is 4.79 Å². The summed E-state index contributed by atoms with van der Waals surface area (Å²) < 4.78 is 1.75. The number of nitrogens with two attached hydrogens (primary N) is 1. The van der Waals surface area contributed by atoms with Crippen molar-refractivity contribution < 1.29 is 5.11 Å². The third-order valence-electron chi connectivity index (χ3n) is 2.46. The molecule has 1 unspecified atom stereocenters. The Kier molecular flexibility index (Phi) is 3.58. The molecule has 0 fully saturated rings. The van der Waals surface area contributed by atoms with Gasteiger partial charge in [0.2, 0.25) is 5.95 Å². The van der Waals surface area contributed by atoms with Gasteiger partial charge in [-0.15, -0.1) is 0 Å². The third kappa shape index (κ3) is 2.66. The van der Waals surface area contributed by atoms with Gasteiger partial charge in [-0.1, -0.05) is 0 Å². The quantitative estimate of drug-likeness (QED) is 0.489. The molecule has 0 aliphatic heterocycles. The molecule has 0 aliphatic rings. The van der Waals surface area contributed by atoms with Gasteiger partial charge in [0, 0.05) is 19.6 Å². The minimum atomic E-state index is -0.388. The summed E-state index contributed by atoms with van der Waals surface area (Å²) in [5.74, 6) is 0.0752. The first-order valence-corrected chi connectivity index (χ1v) is 5.67. The Morgan fingerprint density at radius 1 is 1.67 bits per heavy atom. The number of H-pyrrole nitrogens is 1. The van der Waals surface area contributed by atoms with Gasteiger partial charge < -0.3 is 20.7 Å². The van der Waals surface area contributed by atoms with Crippen LogP contribution < -0.4 is 16.6 Å². The standard InChI is InChI=1S/C10H16N6O2/c1-6(17)4-12-2-3-16-5-13-7-8(16)14-10(11)15-9(7)18/h5-6,12,17H,2-4H2,1H3,(H3,11,14,15,18). The van der Waals surface area contributed by atoms with E-state index in [2.05, 4.69) is 20.3 Å². The molecule has 0 aromatic carbocycles. The van der Waals surface area contributed by atoms with Crippen LogP contribution in [-0.2, 0) is 6.54 Å². The number of aromatic amines is 1. The average molecular weight is 252 g/mol. The second-order valence-corrected chi connectivity index (χ2v) is 4.11. The van der Waals surface area contributed by atoms with Crippen molar-refractivity contribution in [1.82, 2.24) is 24.8 Å². The summed E-state index contributed by atoms with van der Waals surface area (Å²) in [6, 6.07) is 0. The van der Waals surface area contributed by atoms with Gasteiger partial charge in [-0.2, -0.15) is 4.98 Å². The summed E-state index contributed by atoms with van der Waals surface area (Å²) >= 11 is 0. The highest BCUT2D eigenvalue weighted by atomic mass is 16.3. The number of nitrogens with one attached hydrogen (secondary N) is 2. The Hall–Kier alpha value is -1.93. The SMILES string of the molecule is CC(O)CNCCn1cnc2c(=O)[nH]c(N)nc21. The Bertz CT molecular complexity index is 588. The van der Waals surface area contributed by atoms with Crippen LogP contribution in [0.3, 0.4) is 0 Å². The fourth-order valence-corrected chi connectivity index (χ4v) is 1.64. The Morgan fingerprint density at radius 3 is 3.17 bits per heavy atom. The molecule has 0 radical (unpaired) electrons. The van der Waals surface area contributed by atoms with Crippen LogP contribution in [0.25, 0.3) is 11.2 Å². The summed E-state index contributed by atoms with van der Waals surface area (Å²) in [6.07, 6.45) is 1.16. The molecule has 8 nitrogen and oxygen atoms in total. The molecule has 0 amide bonds. The largest absolute Gasteiger partial charge is 0.392 e. The summed E-state index contributed by atoms with van der Waals surface area (Å²) in [5.41, 5.74) is 5.90. The van der Waals surface area contributed by atoms with E-state index in [1.807, 2.05) is 0 Å². The molecule has 0 aliphatic carbocycles. The van der Waals surface area contributed by atoms with Crippen molar-refractivity contribution in [2.24, 2.45) is 0 Å². The number of imidazole rings is 1. The molecule has 1 atom stereocenters. The molecule has 8 heteroatoms. The number of aliphatic hydroxyl groups is 1. The van der Waals surface area contributed by atoms with Crippen LogP contribution in [0.2, 0.25) is 0 Å². The fraction of sp³-hybridized carbons (Fsp3) is 0.500. The Labute approximate surface area is 103 Å². The summed E-state index contributed by atoms with van der Waals surface area (Å²) in [5, 5.41) is 12.2. The lowest BCUT2D eigenvalue weighted by Gasteiger charge is -2.07. The van der Waals surface area contributed by atoms with Gasteiger partial charge in [0.1, 0.15) is 0 Å². The maximum atomic E-state index is 11.5. The third-order valence-corrected chi connectivity index (χ3v) is 2.46. The van der Waals surface area contributed by atoms with E-state index < -0.39 is 0 Å². The first-order chi connectivity index (χ1) is 8.58. The van der Waals surface area contributed by atoms with Gasteiger partial charge in [-0.05, 0) is 6.92 Å². The predicted molar refractivity (Wildman–Crippen MR) is 67.1 cm³/mol. The first-order valence-electron chi connectivity index (χ1n) is 5.67. The monoisotopic (exact) mass is 252 g/mol. The van der Waals surface area contributed by atoms with E-state index >= 15 is 0 Å². The molecule has 0 saturated heterocycles. The number of nitrogens with zero attached hydrogens (tertiary/aromatic N) is 3. The van der Waals surface area contributed by atoms with Crippen LogP contribution in [0.15, 0.2) is 11.1 Å². The smallest absolute Gasteiger partial charge is 0.280 e.